The molecule has 1 amide bonds. The zero-order valence-corrected chi connectivity index (χ0v) is 24.6. The van der Waals surface area contributed by atoms with Gasteiger partial charge in [0.25, 0.3) is 0 Å². The Bertz CT molecular complexity index is 1770. The van der Waals surface area contributed by atoms with Crippen molar-refractivity contribution in [3.63, 3.8) is 0 Å². The molecule has 43 heavy (non-hydrogen) atoms. The van der Waals surface area contributed by atoms with E-state index in [0.29, 0.717) is 23.7 Å². The average Bonchev–Trinajstić information content (AvgIpc) is 3.36. The lowest BCUT2D eigenvalue weighted by molar-refractivity contribution is -0.120. The van der Waals surface area contributed by atoms with Crippen LogP contribution in [0.1, 0.15) is 67.2 Å². The van der Waals surface area contributed by atoms with Gasteiger partial charge in [-0.25, -0.2) is 9.78 Å². The van der Waals surface area contributed by atoms with Crippen LogP contribution in [-0.4, -0.2) is 39.1 Å². The largest absolute Gasteiger partial charge is 0.478 e. The number of hydrogen-bond donors (Lipinski definition) is 3. The molecular formula is C36H38N4O3. The van der Waals surface area contributed by atoms with Crippen LogP contribution in [0.3, 0.4) is 0 Å². The normalized spacial score (nSPS) is 13.8. The maximum absolute atomic E-state index is 12.6. The van der Waals surface area contributed by atoms with Crippen LogP contribution >= 0.6 is 0 Å². The minimum absolute atomic E-state index is 0.0322. The predicted molar refractivity (Wildman–Crippen MR) is 173 cm³/mol. The Morgan fingerprint density at radius 2 is 1.74 bits per heavy atom. The summed E-state index contributed by atoms with van der Waals surface area (Å²) >= 11 is 0. The van der Waals surface area contributed by atoms with Gasteiger partial charge in [0.05, 0.1) is 23.1 Å². The van der Waals surface area contributed by atoms with Gasteiger partial charge in [0.15, 0.2) is 0 Å². The first kappa shape index (κ1) is 28.5. The number of aromatic nitrogens is 2. The van der Waals surface area contributed by atoms with Crippen molar-refractivity contribution < 1.29 is 14.7 Å². The molecule has 0 bridgehead atoms. The van der Waals surface area contributed by atoms with Gasteiger partial charge in [-0.3, -0.25) is 4.79 Å². The van der Waals surface area contributed by atoms with Crippen LogP contribution in [0.2, 0.25) is 0 Å². The van der Waals surface area contributed by atoms with Gasteiger partial charge < -0.3 is 20.3 Å². The number of carbonyl (C=O) groups excluding carboxylic acids is 1. The second-order valence-corrected chi connectivity index (χ2v) is 11.5. The number of amides is 1. The Morgan fingerprint density at radius 3 is 2.51 bits per heavy atom. The number of aromatic carboxylic acids is 1. The molecule has 6 rings (SSSR count). The van der Waals surface area contributed by atoms with Gasteiger partial charge in [0.2, 0.25) is 5.91 Å². The molecular weight excluding hydrogens is 536 g/mol. The molecule has 1 fully saturated rings. The Labute approximate surface area is 252 Å². The molecule has 1 heterocycles. The number of carboxylic acid groups (broad SMARTS) is 1. The van der Waals surface area contributed by atoms with Gasteiger partial charge in [-0.1, -0.05) is 86.8 Å². The summed E-state index contributed by atoms with van der Waals surface area (Å²) in [7, 11) is 0. The number of anilines is 1. The van der Waals surface area contributed by atoms with Gasteiger partial charge in [0.1, 0.15) is 5.82 Å². The molecule has 7 heteroatoms. The summed E-state index contributed by atoms with van der Waals surface area (Å²) in [6.45, 7) is 3.04. The van der Waals surface area contributed by atoms with Crippen LogP contribution in [0.25, 0.3) is 32.9 Å². The molecule has 3 N–H and O–H groups in total. The van der Waals surface area contributed by atoms with E-state index in [1.54, 1.807) is 0 Å². The second-order valence-electron chi connectivity index (χ2n) is 11.5. The number of nitrogens with zero attached hydrogens (tertiary/aromatic N) is 2. The lowest BCUT2D eigenvalue weighted by Gasteiger charge is -2.22. The molecule has 0 radical (unpaired) electrons. The number of fused-ring (bicyclic) bond motifs is 2. The van der Waals surface area contributed by atoms with Crippen LogP contribution < -0.4 is 10.6 Å². The van der Waals surface area contributed by atoms with Crippen molar-refractivity contribution >= 4 is 39.4 Å². The van der Waals surface area contributed by atoms with Crippen molar-refractivity contribution in [3.8, 4) is 11.1 Å². The standard InChI is InChI=1S/C36H38N4O3/c1-2-8-33-39-31-20-18-28(37-22-34(41)38-27-10-4-3-5-11-27)21-32(31)40(33)23-24-13-15-26(16-14-24)30-19-17-25-9-6-7-12-29(25)35(30)36(42)43/h6-7,9,12-21,27,37H,2-5,8,10-11,22-23H2,1H3,(H,38,41)(H,42,43). The van der Waals surface area contributed by atoms with E-state index in [1.165, 1.54) is 19.3 Å². The van der Waals surface area contributed by atoms with Crippen molar-refractivity contribution in [1.82, 2.24) is 14.9 Å². The molecule has 0 unspecified atom stereocenters. The third-order valence-corrected chi connectivity index (χ3v) is 8.47. The van der Waals surface area contributed by atoms with Gasteiger partial charge in [-0.05, 0) is 64.9 Å². The number of aryl methyl sites for hydroxylation is 1. The van der Waals surface area contributed by atoms with Crippen LogP contribution in [0.4, 0.5) is 5.69 Å². The molecule has 220 valence electrons. The highest BCUT2D eigenvalue weighted by Gasteiger charge is 2.18. The lowest BCUT2D eigenvalue weighted by atomic mass is 9.93. The fraction of sp³-hybridized carbons (Fsp3) is 0.306. The topological polar surface area (TPSA) is 96.3 Å². The smallest absolute Gasteiger partial charge is 0.336 e. The summed E-state index contributed by atoms with van der Waals surface area (Å²) in [6, 6.07) is 26.0. The fourth-order valence-electron chi connectivity index (χ4n) is 6.30. The average molecular weight is 575 g/mol. The predicted octanol–water partition coefficient (Wildman–Crippen LogP) is 7.42. The summed E-state index contributed by atoms with van der Waals surface area (Å²) in [5.74, 6) is 0.127. The van der Waals surface area contributed by atoms with Crippen molar-refractivity contribution in [2.24, 2.45) is 0 Å². The van der Waals surface area contributed by atoms with Crippen LogP contribution in [0.15, 0.2) is 78.9 Å². The first-order valence-electron chi connectivity index (χ1n) is 15.4. The molecule has 1 aromatic heterocycles. The maximum atomic E-state index is 12.6. The zero-order valence-electron chi connectivity index (χ0n) is 24.6. The van der Waals surface area contributed by atoms with E-state index in [1.807, 2.05) is 60.7 Å². The van der Waals surface area contributed by atoms with Gasteiger partial charge in [0, 0.05) is 24.7 Å². The van der Waals surface area contributed by atoms with Crippen LogP contribution in [-0.2, 0) is 17.8 Å². The van der Waals surface area contributed by atoms with E-state index in [0.717, 1.165) is 70.1 Å². The minimum atomic E-state index is -0.930. The fourth-order valence-corrected chi connectivity index (χ4v) is 6.30. The molecule has 4 aromatic carbocycles. The van der Waals surface area contributed by atoms with E-state index in [4.69, 9.17) is 4.98 Å². The highest BCUT2D eigenvalue weighted by Crippen LogP contribution is 2.31. The first-order chi connectivity index (χ1) is 21.0. The highest BCUT2D eigenvalue weighted by atomic mass is 16.4. The quantitative estimate of drug-likeness (QED) is 0.161. The van der Waals surface area contributed by atoms with Gasteiger partial charge in [-0.2, -0.15) is 0 Å². The molecule has 1 aliphatic carbocycles. The number of hydrogen-bond acceptors (Lipinski definition) is 4. The van der Waals surface area contributed by atoms with Crippen LogP contribution in [0.5, 0.6) is 0 Å². The molecule has 0 atom stereocenters. The molecule has 1 saturated carbocycles. The molecule has 1 aliphatic rings. The summed E-state index contributed by atoms with van der Waals surface area (Å²) in [6.07, 6.45) is 7.62. The minimum Gasteiger partial charge on any atom is -0.478 e. The number of imidazole rings is 1. The third-order valence-electron chi connectivity index (χ3n) is 8.47. The first-order valence-corrected chi connectivity index (χ1v) is 15.4. The molecule has 0 aliphatic heterocycles. The summed E-state index contributed by atoms with van der Waals surface area (Å²) in [5.41, 5.74) is 5.85. The summed E-state index contributed by atoms with van der Waals surface area (Å²) in [5, 5.41) is 18.2. The lowest BCUT2D eigenvalue weighted by Crippen LogP contribution is -2.39. The van der Waals surface area contributed by atoms with Gasteiger partial charge >= 0.3 is 5.97 Å². The Kier molecular flexibility index (Phi) is 8.40. The monoisotopic (exact) mass is 574 g/mol. The Balaban J connectivity index is 1.23. The Morgan fingerprint density at radius 1 is 0.953 bits per heavy atom. The SMILES string of the molecule is CCCc1nc2ccc(NCC(=O)NC3CCCCC3)cc2n1Cc1ccc(-c2ccc3ccccc3c2C(=O)O)cc1. The summed E-state index contributed by atoms with van der Waals surface area (Å²) < 4.78 is 2.25. The van der Waals surface area contributed by atoms with E-state index in [-0.39, 0.29) is 12.5 Å². The maximum Gasteiger partial charge on any atom is 0.336 e. The summed E-state index contributed by atoms with van der Waals surface area (Å²) in [4.78, 5) is 29.8. The van der Waals surface area contributed by atoms with Gasteiger partial charge in [-0.15, -0.1) is 0 Å². The zero-order chi connectivity index (χ0) is 29.8. The molecule has 0 saturated heterocycles. The van der Waals surface area contributed by atoms with E-state index < -0.39 is 5.97 Å². The van der Waals surface area contributed by atoms with Crippen molar-refractivity contribution in [2.75, 3.05) is 11.9 Å². The number of rotatable bonds is 10. The highest BCUT2D eigenvalue weighted by molar-refractivity contribution is 6.09. The number of nitrogens with one attached hydrogen (secondary N) is 2. The second kappa shape index (κ2) is 12.7. The molecule has 5 aromatic rings. The number of carbonyl (C=O) groups is 2. The molecule has 7 nitrogen and oxygen atoms in total. The van der Waals surface area contributed by atoms with E-state index in [9.17, 15) is 14.7 Å². The van der Waals surface area contributed by atoms with E-state index in [2.05, 4.69) is 40.3 Å². The number of carboxylic acids is 1. The Hall–Kier alpha value is -4.65. The molecule has 0 spiro atoms. The van der Waals surface area contributed by atoms with Crippen molar-refractivity contribution in [2.45, 2.75) is 64.5 Å². The van der Waals surface area contributed by atoms with Crippen LogP contribution in [0, 0.1) is 0 Å². The van der Waals surface area contributed by atoms with Crippen molar-refractivity contribution in [1.29, 1.82) is 0 Å². The third kappa shape index (κ3) is 6.26. The van der Waals surface area contributed by atoms with E-state index >= 15 is 0 Å². The number of benzene rings is 4. The van der Waals surface area contributed by atoms with Crippen molar-refractivity contribution in [3.05, 3.63) is 95.8 Å².